The van der Waals surface area contributed by atoms with E-state index in [0.717, 1.165) is 12.0 Å². The van der Waals surface area contributed by atoms with Crippen LogP contribution in [0, 0.1) is 0 Å². The van der Waals surface area contributed by atoms with Crippen LogP contribution in [0.25, 0.3) is 0 Å². The average Bonchev–Trinajstić information content (AvgIpc) is 2.74. The van der Waals surface area contributed by atoms with E-state index in [0.29, 0.717) is 29.5 Å². The number of carbonyl (C=O) groups is 1. The molecule has 0 unspecified atom stereocenters. The van der Waals surface area contributed by atoms with Crippen molar-refractivity contribution in [2.24, 2.45) is 0 Å². The molecule has 2 N–H and O–H groups in total. The molecule has 0 bridgehead atoms. The van der Waals surface area contributed by atoms with Gasteiger partial charge < -0.3 is 10.1 Å². The number of halogens is 1. The van der Waals surface area contributed by atoms with Crippen molar-refractivity contribution in [1.29, 1.82) is 0 Å². The summed E-state index contributed by atoms with van der Waals surface area (Å²) in [4.78, 5) is 12.6. The first kappa shape index (κ1) is 20.8. The molecule has 4 nitrogen and oxygen atoms in total. The highest BCUT2D eigenvalue weighted by Crippen LogP contribution is 2.18. The molecule has 0 aliphatic heterocycles. The maximum absolute atomic E-state index is 12.6. The molecule has 3 aromatic rings. The number of rotatable bonds is 7. The monoisotopic (exact) mass is 424 g/mol. The first-order chi connectivity index (χ1) is 14.1. The Bertz CT molecular complexity index is 979. The smallest absolute Gasteiger partial charge is 0.261 e. The van der Waals surface area contributed by atoms with Gasteiger partial charge >= 0.3 is 0 Å². The van der Waals surface area contributed by atoms with Crippen molar-refractivity contribution >= 4 is 34.8 Å². The van der Waals surface area contributed by atoms with Crippen molar-refractivity contribution in [2.45, 2.75) is 13.0 Å². The zero-order chi connectivity index (χ0) is 20.5. The number of benzene rings is 3. The minimum atomic E-state index is -0.322. The van der Waals surface area contributed by atoms with E-state index in [2.05, 4.69) is 10.6 Å². The second-order valence-electron chi connectivity index (χ2n) is 6.31. The Kier molecular flexibility index (Phi) is 7.61. The average molecular weight is 425 g/mol. The van der Waals surface area contributed by atoms with E-state index in [1.165, 1.54) is 5.56 Å². The Balaban J connectivity index is 1.54. The fourth-order valence-corrected chi connectivity index (χ4v) is 3.10. The first-order valence-electron chi connectivity index (χ1n) is 9.22. The molecule has 3 rings (SSSR count). The molecule has 29 heavy (non-hydrogen) atoms. The van der Waals surface area contributed by atoms with E-state index in [4.69, 9.17) is 28.6 Å². The van der Waals surface area contributed by atoms with Gasteiger partial charge in [-0.1, -0.05) is 72.3 Å². The number of ether oxygens (including phenoxy) is 1. The highest BCUT2D eigenvalue weighted by molar-refractivity contribution is 7.80. The van der Waals surface area contributed by atoms with Crippen molar-refractivity contribution < 1.29 is 9.53 Å². The molecule has 0 spiro atoms. The van der Waals surface area contributed by atoms with Crippen molar-refractivity contribution in [1.82, 2.24) is 10.6 Å². The van der Waals surface area contributed by atoms with Crippen LogP contribution < -0.4 is 15.4 Å². The molecule has 0 aliphatic rings. The zero-order valence-electron chi connectivity index (χ0n) is 15.7. The summed E-state index contributed by atoms with van der Waals surface area (Å²) in [5.41, 5.74) is 2.51. The van der Waals surface area contributed by atoms with Gasteiger partial charge in [0.1, 0.15) is 5.75 Å². The van der Waals surface area contributed by atoms with Gasteiger partial charge in [0, 0.05) is 18.0 Å². The lowest BCUT2D eigenvalue weighted by atomic mass is 10.1. The lowest BCUT2D eigenvalue weighted by molar-refractivity contribution is 0.0972. The summed E-state index contributed by atoms with van der Waals surface area (Å²) < 4.78 is 5.85. The minimum absolute atomic E-state index is 0.231. The van der Waals surface area contributed by atoms with Crippen LogP contribution in [0.2, 0.25) is 5.02 Å². The molecule has 1 amide bonds. The Morgan fingerprint density at radius 3 is 2.41 bits per heavy atom. The normalized spacial score (nSPS) is 10.2. The third-order valence-corrected chi connectivity index (χ3v) is 4.86. The number of hydrogen-bond donors (Lipinski definition) is 2. The molecule has 0 aromatic heterocycles. The van der Waals surface area contributed by atoms with Crippen LogP contribution in [0.1, 0.15) is 21.5 Å². The van der Waals surface area contributed by atoms with Crippen LogP contribution in [0.4, 0.5) is 0 Å². The molecule has 0 radical (unpaired) electrons. The quantitative estimate of drug-likeness (QED) is 0.536. The van der Waals surface area contributed by atoms with Gasteiger partial charge in [0.2, 0.25) is 0 Å². The van der Waals surface area contributed by atoms with Crippen molar-refractivity contribution in [3.8, 4) is 5.75 Å². The van der Waals surface area contributed by atoms with E-state index in [1.807, 2.05) is 60.7 Å². The second-order valence-corrected chi connectivity index (χ2v) is 7.12. The van der Waals surface area contributed by atoms with Gasteiger partial charge in [-0.2, -0.15) is 0 Å². The molecular formula is C23H21ClN2O2S. The summed E-state index contributed by atoms with van der Waals surface area (Å²) >= 11 is 11.4. The fraction of sp³-hybridized carbons (Fsp3) is 0.130. The molecule has 6 heteroatoms. The van der Waals surface area contributed by atoms with Gasteiger partial charge in [-0.25, -0.2) is 0 Å². The summed E-state index contributed by atoms with van der Waals surface area (Å²) in [7, 11) is 0. The minimum Gasteiger partial charge on any atom is -0.492 e. The third kappa shape index (κ3) is 6.31. The van der Waals surface area contributed by atoms with Gasteiger partial charge in [-0.05, 0) is 41.5 Å². The van der Waals surface area contributed by atoms with Gasteiger partial charge in [-0.3, -0.25) is 10.1 Å². The number of carbonyl (C=O) groups excluding carboxylic acids is 1. The van der Waals surface area contributed by atoms with Crippen LogP contribution in [-0.4, -0.2) is 17.6 Å². The van der Waals surface area contributed by atoms with Crippen LogP contribution in [-0.2, 0) is 13.0 Å². The maximum Gasteiger partial charge on any atom is 0.261 e. The van der Waals surface area contributed by atoms with Crippen LogP contribution in [0.3, 0.4) is 0 Å². The molecule has 148 valence electrons. The maximum atomic E-state index is 12.6. The second kappa shape index (κ2) is 10.6. The molecule has 0 saturated carbocycles. The molecule has 0 heterocycles. The lowest BCUT2D eigenvalue weighted by Crippen LogP contribution is -2.39. The van der Waals surface area contributed by atoms with E-state index in [9.17, 15) is 4.79 Å². The first-order valence-corrected chi connectivity index (χ1v) is 10.0. The van der Waals surface area contributed by atoms with E-state index in [-0.39, 0.29) is 11.0 Å². The Hall–Kier alpha value is -2.89. The summed E-state index contributed by atoms with van der Waals surface area (Å²) in [6, 6.07) is 24.6. The Morgan fingerprint density at radius 1 is 0.931 bits per heavy atom. The predicted octanol–water partition coefficient (Wildman–Crippen LogP) is 4.77. The van der Waals surface area contributed by atoms with Crippen molar-refractivity contribution in [3.63, 3.8) is 0 Å². The number of para-hydroxylation sites is 1. The highest BCUT2D eigenvalue weighted by Gasteiger charge is 2.13. The summed E-state index contributed by atoms with van der Waals surface area (Å²) in [6.45, 7) is 0.900. The van der Waals surface area contributed by atoms with E-state index < -0.39 is 0 Å². The molecule has 0 aliphatic carbocycles. The lowest BCUT2D eigenvalue weighted by Gasteiger charge is -2.13. The topological polar surface area (TPSA) is 50.4 Å². The van der Waals surface area contributed by atoms with Gasteiger partial charge in [0.05, 0.1) is 12.2 Å². The molecule has 0 atom stereocenters. The van der Waals surface area contributed by atoms with Gasteiger partial charge in [0.15, 0.2) is 5.11 Å². The molecule has 3 aromatic carbocycles. The SMILES string of the molecule is O=C(NC(=S)NCc1ccccc1Cl)c1ccccc1OCCc1ccccc1. The van der Waals surface area contributed by atoms with Gasteiger partial charge in [-0.15, -0.1) is 0 Å². The molecular weight excluding hydrogens is 404 g/mol. The fourth-order valence-electron chi connectivity index (χ4n) is 2.74. The standard InChI is InChI=1S/C23H21ClN2O2S/c24-20-12-6-4-10-18(20)16-25-23(29)26-22(27)19-11-5-7-13-21(19)28-15-14-17-8-2-1-3-9-17/h1-13H,14-16H2,(H2,25,26,27,29). The van der Waals surface area contributed by atoms with Crippen LogP contribution >= 0.6 is 23.8 Å². The van der Waals surface area contributed by atoms with E-state index in [1.54, 1.807) is 18.2 Å². The predicted molar refractivity (Wildman–Crippen MR) is 120 cm³/mol. The Labute approximate surface area is 180 Å². The Morgan fingerprint density at radius 2 is 1.62 bits per heavy atom. The largest absolute Gasteiger partial charge is 0.492 e. The highest BCUT2D eigenvalue weighted by atomic mass is 35.5. The van der Waals surface area contributed by atoms with Crippen LogP contribution in [0.5, 0.6) is 5.75 Å². The summed E-state index contributed by atoms with van der Waals surface area (Å²) in [5.74, 6) is 0.201. The van der Waals surface area contributed by atoms with Crippen molar-refractivity contribution in [3.05, 3.63) is 101 Å². The zero-order valence-corrected chi connectivity index (χ0v) is 17.3. The summed E-state index contributed by atoms with van der Waals surface area (Å²) in [5, 5.41) is 6.57. The molecule has 0 fully saturated rings. The van der Waals surface area contributed by atoms with E-state index >= 15 is 0 Å². The van der Waals surface area contributed by atoms with Crippen molar-refractivity contribution in [2.75, 3.05) is 6.61 Å². The van der Waals surface area contributed by atoms with Crippen LogP contribution in [0.15, 0.2) is 78.9 Å². The number of hydrogen-bond acceptors (Lipinski definition) is 3. The van der Waals surface area contributed by atoms with Gasteiger partial charge in [0.25, 0.3) is 5.91 Å². The third-order valence-electron chi connectivity index (χ3n) is 4.25. The number of nitrogens with one attached hydrogen (secondary N) is 2. The number of amides is 1. The molecule has 0 saturated heterocycles. The number of thiocarbonyl (C=S) groups is 1. The summed E-state index contributed by atoms with van der Waals surface area (Å²) in [6.07, 6.45) is 0.759.